The van der Waals surface area contributed by atoms with E-state index in [1.54, 1.807) is 4.90 Å². The Morgan fingerprint density at radius 2 is 2.00 bits per heavy atom. The number of nitrogens with one attached hydrogen (secondary N) is 1. The highest BCUT2D eigenvalue weighted by atomic mass is 16.4. The van der Waals surface area contributed by atoms with E-state index in [1.165, 1.54) is 0 Å². The topological polar surface area (TPSA) is 86.7 Å². The van der Waals surface area contributed by atoms with Crippen molar-refractivity contribution in [2.24, 2.45) is 11.8 Å². The lowest BCUT2D eigenvalue weighted by Crippen LogP contribution is -2.50. The summed E-state index contributed by atoms with van der Waals surface area (Å²) in [5, 5.41) is 11.7. The summed E-state index contributed by atoms with van der Waals surface area (Å²) in [6.45, 7) is 6.83. The minimum atomic E-state index is -1.00. The van der Waals surface area contributed by atoms with Crippen LogP contribution in [0.2, 0.25) is 0 Å². The molecule has 0 aromatic heterocycles. The molecule has 1 saturated heterocycles. The third kappa shape index (κ3) is 5.00. The third-order valence-corrected chi connectivity index (χ3v) is 4.33. The second kappa shape index (κ2) is 8.76. The van der Waals surface area contributed by atoms with Gasteiger partial charge in [0.1, 0.15) is 6.04 Å². The number of aliphatic carboxylic acids is 1. The fourth-order valence-electron chi connectivity index (χ4n) is 2.71. The van der Waals surface area contributed by atoms with Gasteiger partial charge in [-0.1, -0.05) is 27.2 Å². The first-order valence-corrected chi connectivity index (χ1v) is 8.22. The van der Waals surface area contributed by atoms with E-state index in [0.29, 0.717) is 32.4 Å². The van der Waals surface area contributed by atoms with Crippen molar-refractivity contribution in [3.8, 4) is 0 Å². The summed E-state index contributed by atoms with van der Waals surface area (Å²) < 4.78 is 0. The Balaban J connectivity index is 2.62. The van der Waals surface area contributed by atoms with Gasteiger partial charge in [0.15, 0.2) is 0 Å². The molecular weight excluding hydrogens is 284 g/mol. The predicted molar refractivity (Wildman–Crippen MR) is 83.2 cm³/mol. The van der Waals surface area contributed by atoms with E-state index in [9.17, 15) is 14.4 Å². The van der Waals surface area contributed by atoms with Crippen LogP contribution < -0.4 is 5.32 Å². The van der Waals surface area contributed by atoms with Gasteiger partial charge in [-0.05, 0) is 25.7 Å². The van der Waals surface area contributed by atoms with Gasteiger partial charge in [0.25, 0.3) is 0 Å². The van der Waals surface area contributed by atoms with E-state index >= 15 is 0 Å². The van der Waals surface area contributed by atoms with Crippen molar-refractivity contribution < 1.29 is 19.5 Å². The second-order valence-electron chi connectivity index (χ2n) is 6.12. The maximum atomic E-state index is 12.3. The summed E-state index contributed by atoms with van der Waals surface area (Å²) >= 11 is 0. The van der Waals surface area contributed by atoms with Crippen LogP contribution in [0.25, 0.3) is 0 Å². The van der Waals surface area contributed by atoms with Gasteiger partial charge in [-0.25, -0.2) is 4.79 Å². The Labute approximate surface area is 132 Å². The summed E-state index contributed by atoms with van der Waals surface area (Å²) in [7, 11) is 0. The van der Waals surface area contributed by atoms with Crippen molar-refractivity contribution >= 4 is 17.8 Å². The van der Waals surface area contributed by atoms with Crippen molar-refractivity contribution in [1.82, 2.24) is 10.2 Å². The second-order valence-corrected chi connectivity index (χ2v) is 6.12. The maximum Gasteiger partial charge on any atom is 0.326 e. The first-order valence-electron chi connectivity index (χ1n) is 8.22. The molecule has 0 aliphatic carbocycles. The van der Waals surface area contributed by atoms with Gasteiger partial charge in [0.2, 0.25) is 11.8 Å². The lowest BCUT2D eigenvalue weighted by molar-refractivity contribution is -0.144. The van der Waals surface area contributed by atoms with E-state index in [1.807, 2.05) is 20.8 Å². The lowest BCUT2D eigenvalue weighted by Gasteiger charge is -2.34. The van der Waals surface area contributed by atoms with Crippen LogP contribution >= 0.6 is 0 Å². The molecule has 0 spiro atoms. The first-order chi connectivity index (χ1) is 10.4. The Bertz CT molecular complexity index is 411. The molecule has 126 valence electrons. The van der Waals surface area contributed by atoms with Gasteiger partial charge >= 0.3 is 5.97 Å². The van der Waals surface area contributed by atoms with Gasteiger partial charge in [0, 0.05) is 19.0 Å². The number of piperidine rings is 1. The van der Waals surface area contributed by atoms with E-state index in [2.05, 4.69) is 5.32 Å². The summed E-state index contributed by atoms with van der Waals surface area (Å²) in [4.78, 5) is 37.4. The number of hydrogen-bond acceptors (Lipinski definition) is 3. The largest absolute Gasteiger partial charge is 0.480 e. The molecule has 0 saturated carbocycles. The summed E-state index contributed by atoms with van der Waals surface area (Å²) in [6.07, 6.45) is 3.38. The molecule has 1 fully saturated rings. The molecule has 1 aliphatic rings. The number of carbonyl (C=O) groups excluding carboxylic acids is 2. The van der Waals surface area contributed by atoms with Crippen LogP contribution in [0.15, 0.2) is 0 Å². The van der Waals surface area contributed by atoms with Crippen LogP contribution in [-0.2, 0) is 14.4 Å². The highest BCUT2D eigenvalue weighted by Gasteiger charge is 2.31. The number of rotatable bonds is 7. The number of carboxylic acids is 1. The van der Waals surface area contributed by atoms with Crippen molar-refractivity contribution in [2.45, 2.75) is 58.9 Å². The first kappa shape index (κ1) is 18.5. The Morgan fingerprint density at radius 1 is 1.32 bits per heavy atom. The standard InChI is InChI=1S/C16H28N2O4/c1-4-7-13(16(21)22)17-14(19)12-8-6-9-18(10-12)15(20)11(3)5-2/h11-13H,4-10H2,1-3H3,(H,17,19)(H,21,22). The Kier molecular flexibility index (Phi) is 7.35. The zero-order chi connectivity index (χ0) is 16.7. The molecule has 2 N–H and O–H groups in total. The highest BCUT2D eigenvalue weighted by Crippen LogP contribution is 2.20. The third-order valence-electron chi connectivity index (χ3n) is 4.33. The summed E-state index contributed by atoms with van der Waals surface area (Å²) in [5.74, 6) is -1.50. The van der Waals surface area contributed by atoms with Gasteiger partial charge < -0.3 is 15.3 Å². The molecule has 1 heterocycles. The van der Waals surface area contributed by atoms with Crippen LogP contribution in [0.5, 0.6) is 0 Å². The molecular formula is C16H28N2O4. The lowest BCUT2D eigenvalue weighted by atomic mass is 9.95. The number of amides is 2. The molecule has 22 heavy (non-hydrogen) atoms. The Morgan fingerprint density at radius 3 is 2.55 bits per heavy atom. The molecule has 0 bridgehead atoms. The fourth-order valence-corrected chi connectivity index (χ4v) is 2.71. The fraction of sp³-hybridized carbons (Fsp3) is 0.812. The number of carboxylic acid groups (broad SMARTS) is 1. The van der Waals surface area contributed by atoms with E-state index < -0.39 is 12.0 Å². The van der Waals surface area contributed by atoms with Crippen LogP contribution in [0.4, 0.5) is 0 Å². The average molecular weight is 312 g/mol. The van der Waals surface area contributed by atoms with E-state index in [-0.39, 0.29) is 23.7 Å². The molecule has 3 atom stereocenters. The zero-order valence-electron chi connectivity index (χ0n) is 13.8. The molecule has 6 nitrogen and oxygen atoms in total. The number of hydrogen-bond donors (Lipinski definition) is 2. The predicted octanol–water partition coefficient (Wildman–Crippen LogP) is 1.64. The van der Waals surface area contributed by atoms with Crippen LogP contribution in [0.1, 0.15) is 52.9 Å². The molecule has 3 unspecified atom stereocenters. The van der Waals surface area contributed by atoms with E-state index in [4.69, 9.17) is 5.11 Å². The van der Waals surface area contributed by atoms with Gasteiger partial charge in [-0.15, -0.1) is 0 Å². The summed E-state index contributed by atoms with van der Waals surface area (Å²) in [5.41, 5.74) is 0. The Hall–Kier alpha value is -1.59. The molecule has 6 heteroatoms. The van der Waals surface area contributed by atoms with Crippen LogP contribution in [0, 0.1) is 11.8 Å². The molecule has 0 radical (unpaired) electrons. The highest BCUT2D eigenvalue weighted by molar-refractivity contribution is 5.86. The number of nitrogens with zero attached hydrogens (tertiary/aromatic N) is 1. The number of carbonyl (C=O) groups is 3. The molecule has 0 aromatic carbocycles. The summed E-state index contributed by atoms with van der Waals surface area (Å²) in [6, 6.07) is -0.835. The quantitative estimate of drug-likeness (QED) is 0.748. The van der Waals surface area contributed by atoms with Crippen LogP contribution in [0.3, 0.4) is 0 Å². The van der Waals surface area contributed by atoms with Crippen molar-refractivity contribution in [1.29, 1.82) is 0 Å². The van der Waals surface area contributed by atoms with Crippen molar-refractivity contribution in [2.75, 3.05) is 13.1 Å². The number of likely N-dealkylation sites (tertiary alicyclic amines) is 1. The average Bonchev–Trinajstić information content (AvgIpc) is 2.52. The molecule has 2 amide bonds. The SMILES string of the molecule is CCCC(NC(=O)C1CCCN(C(=O)C(C)CC)C1)C(=O)O. The normalized spacial score (nSPS) is 21.0. The maximum absolute atomic E-state index is 12.3. The van der Waals surface area contributed by atoms with Gasteiger partial charge in [-0.2, -0.15) is 0 Å². The smallest absolute Gasteiger partial charge is 0.326 e. The molecule has 1 rings (SSSR count). The molecule has 1 aliphatic heterocycles. The molecule has 0 aromatic rings. The monoisotopic (exact) mass is 312 g/mol. The zero-order valence-corrected chi connectivity index (χ0v) is 13.8. The minimum absolute atomic E-state index is 0.0336. The van der Waals surface area contributed by atoms with Gasteiger partial charge in [0.05, 0.1) is 5.92 Å². The van der Waals surface area contributed by atoms with Gasteiger partial charge in [-0.3, -0.25) is 9.59 Å². The van der Waals surface area contributed by atoms with E-state index in [0.717, 1.165) is 12.8 Å². The van der Waals surface area contributed by atoms with Crippen molar-refractivity contribution in [3.63, 3.8) is 0 Å². The van der Waals surface area contributed by atoms with Crippen molar-refractivity contribution in [3.05, 3.63) is 0 Å². The van der Waals surface area contributed by atoms with Crippen LogP contribution in [-0.4, -0.2) is 46.9 Å². The minimum Gasteiger partial charge on any atom is -0.480 e.